The van der Waals surface area contributed by atoms with E-state index in [1.165, 1.54) is 12.8 Å². The van der Waals surface area contributed by atoms with Gasteiger partial charge in [0, 0.05) is 12.8 Å². The summed E-state index contributed by atoms with van der Waals surface area (Å²) in [7, 11) is 0. The van der Waals surface area contributed by atoms with Crippen molar-refractivity contribution in [1.82, 2.24) is 0 Å². The third-order valence-corrected chi connectivity index (χ3v) is 2.98. The molecule has 0 radical (unpaired) electrons. The lowest BCUT2D eigenvalue weighted by Crippen LogP contribution is -2.28. The zero-order chi connectivity index (χ0) is 12.6. The Hall–Kier alpha value is -0.0800. The highest BCUT2D eigenvalue weighted by Gasteiger charge is 2.21. The molecule has 0 bridgehead atoms. The Kier molecular flexibility index (Phi) is 8.04. The third kappa shape index (κ3) is 10.4. The van der Waals surface area contributed by atoms with E-state index in [0.717, 1.165) is 25.2 Å². The average molecular weight is 230 g/mol. The van der Waals surface area contributed by atoms with Gasteiger partial charge < -0.3 is 10.2 Å². The fourth-order valence-electron chi connectivity index (χ4n) is 1.78. The van der Waals surface area contributed by atoms with Gasteiger partial charge >= 0.3 is 0 Å². The highest BCUT2D eigenvalue weighted by Crippen LogP contribution is 2.21. The summed E-state index contributed by atoms with van der Waals surface area (Å²) in [6, 6.07) is 0. The molecule has 0 aromatic heterocycles. The normalized spacial score (nSPS) is 12.8. The van der Waals surface area contributed by atoms with Crippen LogP contribution in [-0.4, -0.2) is 16.0 Å². The van der Waals surface area contributed by atoms with Crippen LogP contribution in [0.1, 0.15) is 72.6 Å². The van der Waals surface area contributed by atoms with E-state index in [1.807, 2.05) is 0 Å². The second kappa shape index (κ2) is 8.08. The minimum atomic E-state index is -1.43. The molecule has 0 spiro atoms. The molecule has 0 aliphatic carbocycles. The molecule has 2 N–H and O–H groups in total. The summed E-state index contributed by atoms with van der Waals surface area (Å²) in [5, 5.41) is 19.5. The van der Waals surface area contributed by atoms with Gasteiger partial charge in [0.1, 0.15) is 0 Å². The summed E-state index contributed by atoms with van der Waals surface area (Å²) in [5.41, 5.74) is 0. The smallest absolute Gasteiger partial charge is 0.162 e. The predicted octanol–water partition coefficient (Wildman–Crippen LogP) is 3.71. The van der Waals surface area contributed by atoms with Gasteiger partial charge in [-0.3, -0.25) is 0 Å². The molecule has 0 aliphatic heterocycles. The van der Waals surface area contributed by atoms with Crippen LogP contribution in [0, 0.1) is 11.8 Å². The van der Waals surface area contributed by atoms with Crippen LogP contribution in [-0.2, 0) is 0 Å². The van der Waals surface area contributed by atoms with Crippen molar-refractivity contribution in [3.63, 3.8) is 0 Å². The van der Waals surface area contributed by atoms with Crippen molar-refractivity contribution in [3.8, 4) is 0 Å². The van der Waals surface area contributed by atoms with Gasteiger partial charge in [-0.15, -0.1) is 0 Å². The van der Waals surface area contributed by atoms with E-state index in [1.54, 1.807) is 0 Å². The Labute approximate surface area is 101 Å². The van der Waals surface area contributed by atoms with Crippen molar-refractivity contribution in [3.05, 3.63) is 0 Å². The van der Waals surface area contributed by atoms with Gasteiger partial charge in [0.25, 0.3) is 0 Å². The molecular formula is C14H30O2. The summed E-state index contributed by atoms with van der Waals surface area (Å²) < 4.78 is 0. The number of rotatable bonds is 9. The van der Waals surface area contributed by atoms with E-state index in [4.69, 9.17) is 0 Å². The van der Waals surface area contributed by atoms with Crippen molar-refractivity contribution < 1.29 is 10.2 Å². The monoisotopic (exact) mass is 230 g/mol. The van der Waals surface area contributed by atoms with E-state index in [0.29, 0.717) is 18.8 Å². The Morgan fingerprint density at radius 3 is 1.81 bits per heavy atom. The maximum Gasteiger partial charge on any atom is 0.162 e. The van der Waals surface area contributed by atoms with Crippen LogP contribution in [0.2, 0.25) is 0 Å². The van der Waals surface area contributed by atoms with E-state index < -0.39 is 5.79 Å². The van der Waals surface area contributed by atoms with Crippen molar-refractivity contribution >= 4 is 0 Å². The van der Waals surface area contributed by atoms with Crippen molar-refractivity contribution in [2.75, 3.05) is 0 Å². The number of aliphatic hydroxyl groups is 2. The molecule has 0 fully saturated rings. The maximum absolute atomic E-state index is 9.73. The van der Waals surface area contributed by atoms with E-state index in [2.05, 4.69) is 27.7 Å². The molecule has 0 heterocycles. The van der Waals surface area contributed by atoms with Crippen LogP contribution in [0.25, 0.3) is 0 Å². The lowest BCUT2D eigenvalue weighted by Gasteiger charge is -2.22. The minimum absolute atomic E-state index is 0.509. The second-order valence-electron chi connectivity index (χ2n) is 5.91. The molecule has 0 aromatic rings. The van der Waals surface area contributed by atoms with Crippen LogP contribution in [0.4, 0.5) is 0 Å². The molecule has 16 heavy (non-hydrogen) atoms. The number of unbranched alkanes of at least 4 members (excludes halogenated alkanes) is 2. The van der Waals surface area contributed by atoms with Crippen molar-refractivity contribution in [2.45, 2.75) is 78.4 Å². The molecular weight excluding hydrogens is 200 g/mol. The van der Waals surface area contributed by atoms with Gasteiger partial charge in [-0.2, -0.15) is 0 Å². The molecule has 0 rings (SSSR count). The van der Waals surface area contributed by atoms with Gasteiger partial charge in [0.2, 0.25) is 0 Å². The summed E-state index contributed by atoms with van der Waals surface area (Å²) in [6.45, 7) is 8.67. The van der Waals surface area contributed by atoms with Crippen LogP contribution < -0.4 is 0 Å². The van der Waals surface area contributed by atoms with Gasteiger partial charge in [0.05, 0.1) is 0 Å². The highest BCUT2D eigenvalue weighted by atomic mass is 16.5. The van der Waals surface area contributed by atoms with Crippen LogP contribution in [0.15, 0.2) is 0 Å². The Morgan fingerprint density at radius 2 is 1.31 bits per heavy atom. The standard InChI is InChI=1S/C14H30O2/c1-12(2)8-6-5-7-10-14(15,16)11-9-13(3)4/h12-13,15-16H,5-11H2,1-4H3. The quantitative estimate of drug-likeness (QED) is 0.468. The predicted molar refractivity (Wildman–Crippen MR) is 69.2 cm³/mol. The number of hydrogen-bond donors (Lipinski definition) is 2. The van der Waals surface area contributed by atoms with E-state index in [9.17, 15) is 10.2 Å². The van der Waals surface area contributed by atoms with Gasteiger partial charge in [-0.1, -0.05) is 47.0 Å². The zero-order valence-corrected chi connectivity index (χ0v) is 11.5. The van der Waals surface area contributed by atoms with Crippen LogP contribution >= 0.6 is 0 Å². The molecule has 98 valence electrons. The summed E-state index contributed by atoms with van der Waals surface area (Å²) in [5.74, 6) is -0.129. The first kappa shape index (κ1) is 15.9. The average Bonchev–Trinajstić information content (AvgIpc) is 2.14. The van der Waals surface area contributed by atoms with Gasteiger partial charge in [-0.05, 0) is 24.7 Å². The third-order valence-electron chi connectivity index (χ3n) is 2.98. The Bertz CT molecular complexity index is 162. The maximum atomic E-state index is 9.73. The SMILES string of the molecule is CC(C)CCCCCC(O)(O)CCC(C)C. The van der Waals surface area contributed by atoms with Crippen molar-refractivity contribution in [1.29, 1.82) is 0 Å². The highest BCUT2D eigenvalue weighted by molar-refractivity contribution is 4.66. The van der Waals surface area contributed by atoms with Gasteiger partial charge in [0.15, 0.2) is 5.79 Å². The molecule has 0 atom stereocenters. The summed E-state index contributed by atoms with van der Waals surface area (Å²) in [4.78, 5) is 0. The molecule has 0 aliphatic rings. The molecule has 2 heteroatoms. The first-order chi connectivity index (χ1) is 7.33. The minimum Gasteiger partial charge on any atom is -0.366 e. The first-order valence-electron chi connectivity index (χ1n) is 6.78. The van der Waals surface area contributed by atoms with Crippen molar-refractivity contribution in [2.24, 2.45) is 11.8 Å². The molecule has 2 nitrogen and oxygen atoms in total. The fourth-order valence-corrected chi connectivity index (χ4v) is 1.78. The Morgan fingerprint density at radius 1 is 0.750 bits per heavy atom. The van der Waals surface area contributed by atoms with Gasteiger partial charge in [-0.25, -0.2) is 0 Å². The summed E-state index contributed by atoms with van der Waals surface area (Å²) in [6.07, 6.45) is 6.42. The first-order valence-corrected chi connectivity index (χ1v) is 6.78. The summed E-state index contributed by atoms with van der Waals surface area (Å²) >= 11 is 0. The lowest BCUT2D eigenvalue weighted by atomic mass is 9.97. The molecule has 0 unspecified atom stereocenters. The number of hydrogen-bond acceptors (Lipinski definition) is 2. The van der Waals surface area contributed by atoms with Crippen LogP contribution in [0.5, 0.6) is 0 Å². The van der Waals surface area contributed by atoms with E-state index in [-0.39, 0.29) is 0 Å². The second-order valence-corrected chi connectivity index (χ2v) is 5.91. The zero-order valence-electron chi connectivity index (χ0n) is 11.5. The van der Waals surface area contributed by atoms with Crippen LogP contribution in [0.3, 0.4) is 0 Å². The molecule has 0 saturated carbocycles. The molecule has 0 amide bonds. The Balaban J connectivity index is 3.50. The molecule has 0 aromatic carbocycles. The van der Waals surface area contributed by atoms with E-state index >= 15 is 0 Å². The topological polar surface area (TPSA) is 40.5 Å². The molecule has 0 saturated heterocycles. The lowest BCUT2D eigenvalue weighted by molar-refractivity contribution is -0.173. The largest absolute Gasteiger partial charge is 0.366 e. The fraction of sp³-hybridized carbons (Fsp3) is 1.00.